The van der Waals surface area contributed by atoms with Crippen LogP contribution in [0.3, 0.4) is 0 Å². The molecule has 0 radical (unpaired) electrons. The van der Waals surface area contributed by atoms with E-state index in [-0.39, 0.29) is 11.2 Å². The number of ether oxygens (including phenoxy) is 1. The van der Waals surface area contributed by atoms with Crippen LogP contribution in [-0.4, -0.2) is 16.1 Å². The Bertz CT molecular complexity index is 1120. The van der Waals surface area contributed by atoms with E-state index >= 15 is 0 Å². The minimum absolute atomic E-state index is 0.0994. The molecule has 1 aliphatic carbocycles. The number of nitrogens with one attached hydrogen (secondary N) is 1. The normalized spacial score (nSPS) is 13.5. The van der Waals surface area contributed by atoms with Gasteiger partial charge in [0.15, 0.2) is 0 Å². The Hall–Kier alpha value is -3.30. The second kappa shape index (κ2) is 10.3. The first-order valence-electron chi connectivity index (χ1n) is 10.9. The Kier molecular flexibility index (Phi) is 7.08. The van der Waals surface area contributed by atoms with Crippen molar-refractivity contribution in [3.63, 3.8) is 0 Å². The van der Waals surface area contributed by atoms with E-state index in [0.29, 0.717) is 28.4 Å². The number of fused-ring (bicyclic) bond motifs is 1. The number of hydrogen-bond donors (Lipinski definition) is 1. The second-order valence-electron chi connectivity index (χ2n) is 7.71. The van der Waals surface area contributed by atoms with Gasteiger partial charge in [-0.25, -0.2) is 4.98 Å². The lowest BCUT2D eigenvalue weighted by Gasteiger charge is -2.19. The number of nitrogens with zero attached hydrogens (tertiary/aromatic N) is 2. The van der Waals surface area contributed by atoms with Crippen LogP contribution < -0.4 is 10.1 Å². The van der Waals surface area contributed by atoms with Gasteiger partial charge in [0, 0.05) is 11.4 Å². The molecule has 4 rings (SSSR count). The van der Waals surface area contributed by atoms with Gasteiger partial charge in [0.25, 0.3) is 0 Å². The molecule has 0 saturated carbocycles. The van der Waals surface area contributed by atoms with Crippen LogP contribution in [0.1, 0.15) is 43.0 Å². The number of benzene rings is 2. The van der Waals surface area contributed by atoms with Crippen molar-refractivity contribution in [2.45, 2.75) is 49.3 Å². The molecule has 1 aliphatic rings. The van der Waals surface area contributed by atoms with Gasteiger partial charge in [0.05, 0.1) is 10.8 Å². The molecule has 6 heteroatoms. The number of amides is 1. The molecule has 3 aromatic rings. The van der Waals surface area contributed by atoms with Crippen molar-refractivity contribution in [2.24, 2.45) is 0 Å². The summed E-state index contributed by atoms with van der Waals surface area (Å²) in [5, 5.41) is 12.9. The molecule has 1 N–H and O–H groups in total. The van der Waals surface area contributed by atoms with Gasteiger partial charge < -0.3 is 10.1 Å². The van der Waals surface area contributed by atoms with Gasteiger partial charge in [-0.15, -0.1) is 0 Å². The van der Waals surface area contributed by atoms with E-state index in [4.69, 9.17) is 9.72 Å². The number of anilines is 1. The molecule has 1 unspecified atom stereocenters. The van der Waals surface area contributed by atoms with Crippen molar-refractivity contribution in [2.75, 3.05) is 5.32 Å². The summed E-state index contributed by atoms with van der Waals surface area (Å²) in [6.07, 6.45) is 4.81. The quantitative estimate of drug-likeness (QED) is 0.444. The van der Waals surface area contributed by atoms with Crippen molar-refractivity contribution in [3.05, 3.63) is 77.5 Å². The largest absolute Gasteiger partial charge is 0.457 e. The van der Waals surface area contributed by atoms with Gasteiger partial charge in [-0.3, -0.25) is 4.79 Å². The third-order valence-corrected chi connectivity index (χ3v) is 6.77. The van der Waals surface area contributed by atoms with Crippen LogP contribution in [0, 0.1) is 11.3 Å². The van der Waals surface area contributed by atoms with E-state index in [1.807, 2.05) is 67.6 Å². The fourth-order valence-corrected chi connectivity index (χ4v) is 4.69. The Morgan fingerprint density at radius 1 is 1.12 bits per heavy atom. The number of carbonyl (C=O) groups excluding carboxylic acids is 1. The van der Waals surface area contributed by atoms with Gasteiger partial charge in [-0.2, -0.15) is 5.26 Å². The zero-order valence-electron chi connectivity index (χ0n) is 18.0. The maximum absolute atomic E-state index is 12.9. The highest BCUT2D eigenvalue weighted by molar-refractivity contribution is 8.00. The molecular formula is C26H25N3O2S. The van der Waals surface area contributed by atoms with Gasteiger partial charge >= 0.3 is 0 Å². The maximum Gasteiger partial charge on any atom is 0.237 e. The third kappa shape index (κ3) is 5.30. The lowest BCUT2D eigenvalue weighted by atomic mass is 9.95. The Balaban J connectivity index is 1.43. The summed E-state index contributed by atoms with van der Waals surface area (Å²) in [6, 6.07) is 21.1. The number of carbonyl (C=O) groups is 1. The number of thioether (sulfide) groups is 1. The molecule has 5 nitrogen and oxygen atoms in total. The predicted octanol–water partition coefficient (Wildman–Crippen LogP) is 6.13. The Labute approximate surface area is 192 Å². The van der Waals surface area contributed by atoms with Crippen molar-refractivity contribution in [1.29, 1.82) is 5.26 Å². The van der Waals surface area contributed by atoms with E-state index in [9.17, 15) is 10.1 Å². The third-order valence-electron chi connectivity index (χ3n) is 5.40. The number of aromatic nitrogens is 1. The minimum Gasteiger partial charge on any atom is -0.457 e. The molecule has 0 saturated heterocycles. The molecule has 0 fully saturated rings. The fourth-order valence-electron chi connectivity index (χ4n) is 3.70. The second-order valence-corrected chi connectivity index (χ2v) is 8.90. The van der Waals surface area contributed by atoms with E-state index in [1.54, 1.807) is 0 Å². The number of hydrogen-bond acceptors (Lipinski definition) is 5. The first-order chi connectivity index (χ1) is 15.7. The summed E-state index contributed by atoms with van der Waals surface area (Å²) in [7, 11) is 0. The lowest BCUT2D eigenvalue weighted by Crippen LogP contribution is -2.25. The summed E-state index contributed by atoms with van der Waals surface area (Å²) in [4.78, 5) is 17.7. The zero-order chi connectivity index (χ0) is 22.3. The molecule has 162 valence electrons. The first-order valence-corrected chi connectivity index (χ1v) is 11.8. The van der Waals surface area contributed by atoms with E-state index < -0.39 is 0 Å². The zero-order valence-corrected chi connectivity index (χ0v) is 18.8. The molecule has 0 aliphatic heterocycles. The predicted molar refractivity (Wildman–Crippen MR) is 127 cm³/mol. The topological polar surface area (TPSA) is 75.0 Å². The van der Waals surface area contributed by atoms with Crippen LogP contribution in [0.15, 0.2) is 65.7 Å². The van der Waals surface area contributed by atoms with Crippen LogP contribution in [0.4, 0.5) is 5.69 Å². The van der Waals surface area contributed by atoms with Crippen molar-refractivity contribution in [3.8, 4) is 17.6 Å². The average molecular weight is 444 g/mol. The molecular weight excluding hydrogens is 418 g/mol. The highest BCUT2D eigenvalue weighted by Crippen LogP contribution is 2.31. The highest BCUT2D eigenvalue weighted by Gasteiger charge is 2.23. The molecule has 1 amide bonds. The average Bonchev–Trinajstić information content (AvgIpc) is 2.83. The van der Waals surface area contributed by atoms with Gasteiger partial charge in [0.2, 0.25) is 5.91 Å². The van der Waals surface area contributed by atoms with E-state index in [1.165, 1.54) is 17.3 Å². The van der Waals surface area contributed by atoms with Crippen molar-refractivity contribution < 1.29 is 9.53 Å². The SMILES string of the molecule is CCC(Sc1nc2c(cc1C#N)CCCC2)C(=O)Nc1ccc(Oc2ccccc2)cc1. The van der Waals surface area contributed by atoms with E-state index in [0.717, 1.165) is 37.1 Å². The Morgan fingerprint density at radius 3 is 2.56 bits per heavy atom. The van der Waals surface area contributed by atoms with Crippen LogP contribution in [0.2, 0.25) is 0 Å². The molecule has 1 aromatic heterocycles. The maximum atomic E-state index is 12.9. The number of pyridine rings is 1. The number of para-hydroxylation sites is 1. The van der Waals surface area contributed by atoms with Crippen LogP contribution in [-0.2, 0) is 17.6 Å². The molecule has 1 heterocycles. The van der Waals surface area contributed by atoms with Gasteiger partial charge in [0.1, 0.15) is 22.6 Å². The molecule has 2 aromatic carbocycles. The summed E-state index contributed by atoms with van der Waals surface area (Å²) in [5.41, 5.74) is 3.51. The van der Waals surface area contributed by atoms with Crippen LogP contribution >= 0.6 is 11.8 Å². The monoisotopic (exact) mass is 443 g/mol. The van der Waals surface area contributed by atoms with E-state index in [2.05, 4.69) is 11.4 Å². The smallest absolute Gasteiger partial charge is 0.237 e. The number of rotatable bonds is 7. The summed E-state index contributed by atoms with van der Waals surface area (Å²) >= 11 is 1.37. The lowest BCUT2D eigenvalue weighted by molar-refractivity contribution is -0.115. The molecule has 32 heavy (non-hydrogen) atoms. The standard InChI is InChI=1S/C26H25N3O2S/c1-2-24(32-26-19(17-27)16-18-8-6-7-11-23(18)29-26)25(30)28-20-12-14-22(15-13-20)31-21-9-4-3-5-10-21/h3-5,9-10,12-16,24H,2,6-8,11H2,1H3,(H,28,30). The fraction of sp³-hybridized carbons (Fsp3) is 0.269. The summed E-state index contributed by atoms with van der Waals surface area (Å²) in [6.45, 7) is 1.97. The van der Waals surface area contributed by atoms with Gasteiger partial charge in [-0.1, -0.05) is 36.9 Å². The summed E-state index contributed by atoms with van der Waals surface area (Å²) < 4.78 is 5.80. The molecule has 1 atom stereocenters. The summed E-state index contributed by atoms with van der Waals surface area (Å²) in [5.74, 6) is 1.36. The van der Waals surface area contributed by atoms with Crippen molar-refractivity contribution >= 4 is 23.4 Å². The number of nitriles is 1. The van der Waals surface area contributed by atoms with Crippen LogP contribution in [0.25, 0.3) is 0 Å². The van der Waals surface area contributed by atoms with Crippen molar-refractivity contribution in [1.82, 2.24) is 4.98 Å². The first kappa shape index (κ1) is 21.9. The van der Waals surface area contributed by atoms with Crippen LogP contribution in [0.5, 0.6) is 11.5 Å². The number of aryl methyl sites for hydroxylation is 2. The molecule has 0 bridgehead atoms. The molecule has 0 spiro atoms. The minimum atomic E-state index is -0.337. The Morgan fingerprint density at radius 2 is 1.84 bits per heavy atom. The highest BCUT2D eigenvalue weighted by atomic mass is 32.2. The van der Waals surface area contributed by atoms with Gasteiger partial charge in [-0.05, 0) is 80.1 Å².